The van der Waals surface area contributed by atoms with Crippen molar-refractivity contribution in [3.8, 4) is 0 Å². The standard InChI is InChI=1S/C20H30N4O/c1-3-21-20(24(2)12-13-25-15-16-8-9-16)22-11-10-17-14-23-19-7-5-4-6-18(17)19/h4-7,14,16,23H,3,8-13,15H2,1-2H3,(H,21,22). The number of nitrogens with one attached hydrogen (secondary N) is 2. The smallest absolute Gasteiger partial charge is 0.193 e. The number of H-pyrrole nitrogens is 1. The molecule has 2 N–H and O–H groups in total. The van der Waals surface area contributed by atoms with Gasteiger partial charge in [-0.15, -0.1) is 0 Å². The predicted octanol–water partition coefficient (Wildman–Crippen LogP) is 3.03. The van der Waals surface area contributed by atoms with Gasteiger partial charge in [-0.25, -0.2) is 0 Å². The molecule has 136 valence electrons. The van der Waals surface area contributed by atoms with Gasteiger partial charge in [0.05, 0.1) is 6.61 Å². The molecule has 0 saturated heterocycles. The fraction of sp³-hybridized carbons (Fsp3) is 0.550. The van der Waals surface area contributed by atoms with Gasteiger partial charge in [-0.1, -0.05) is 18.2 Å². The van der Waals surface area contributed by atoms with Crippen molar-refractivity contribution in [3.63, 3.8) is 0 Å². The Balaban J connectivity index is 1.50. The quantitative estimate of drug-likeness (QED) is 0.418. The van der Waals surface area contributed by atoms with Crippen LogP contribution in [-0.2, 0) is 11.2 Å². The first-order valence-electron chi connectivity index (χ1n) is 9.40. The van der Waals surface area contributed by atoms with Crippen LogP contribution in [0.4, 0.5) is 0 Å². The van der Waals surface area contributed by atoms with E-state index in [-0.39, 0.29) is 0 Å². The first-order valence-corrected chi connectivity index (χ1v) is 9.40. The minimum atomic E-state index is 0.764. The van der Waals surface area contributed by atoms with Crippen molar-refractivity contribution in [2.45, 2.75) is 26.2 Å². The van der Waals surface area contributed by atoms with E-state index in [2.05, 4.69) is 59.6 Å². The molecule has 1 aliphatic carbocycles. The molecule has 0 atom stereocenters. The number of nitrogens with zero attached hydrogens (tertiary/aromatic N) is 2. The summed E-state index contributed by atoms with van der Waals surface area (Å²) in [6.07, 6.45) is 5.72. The highest BCUT2D eigenvalue weighted by Gasteiger charge is 2.21. The summed E-state index contributed by atoms with van der Waals surface area (Å²) in [4.78, 5) is 10.3. The molecule has 2 aromatic rings. The fourth-order valence-corrected chi connectivity index (χ4v) is 2.93. The minimum Gasteiger partial charge on any atom is -0.379 e. The van der Waals surface area contributed by atoms with Crippen LogP contribution in [0.1, 0.15) is 25.3 Å². The van der Waals surface area contributed by atoms with Crippen LogP contribution in [-0.4, -0.2) is 55.7 Å². The summed E-state index contributed by atoms with van der Waals surface area (Å²) in [5.74, 6) is 1.78. The van der Waals surface area contributed by atoms with E-state index in [1.54, 1.807) is 0 Å². The van der Waals surface area contributed by atoms with E-state index in [0.29, 0.717) is 0 Å². The molecule has 25 heavy (non-hydrogen) atoms. The maximum absolute atomic E-state index is 5.74. The second-order valence-electron chi connectivity index (χ2n) is 6.79. The van der Waals surface area contributed by atoms with Crippen molar-refractivity contribution >= 4 is 16.9 Å². The third kappa shape index (κ3) is 5.23. The number of likely N-dealkylation sites (N-methyl/N-ethyl adjacent to an activating group) is 1. The van der Waals surface area contributed by atoms with Crippen molar-refractivity contribution in [1.29, 1.82) is 0 Å². The molecule has 0 unspecified atom stereocenters. The Kier molecular flexibility index (Phi) is 6.34. The lowest BCUT2D eigenvalue weighted by molar-refractivity contribution is 0.115. The molecule has 1 aromatic carbocycles. The molecule has 0 amide bonds. The largest absolute Gasteiger partial charge is 0.379 e. The highest BCUT2D eigenvalue weighted by Crippen LogP contribution is 2.28. The summed E-state index contributed by atoms with van der Waals surface area (Å²) >= 11 is 0. The molecule has 5 heteroatoms. The second kappa shape index (κ2) is 8.90. The van der Waals surface area contributed by atoms with Crippen LogP contribution in [0.25, 0.3) is 10.9 Å². The number of rotatable bonds is 9. The van der Waals surface area contributed by atoms with Crippen LogP contribution in [0.3, 0.4) is 0 Å². The van der Waals surface area contributed by atoms with Gasteiger partial charge < -0.3 is 19.9 Å². The molecule has 1 aromatic heterocycles. The zero-order valence-corrected chi connectivity index (χ0v) is 15.4. The summed E-state index contributed by atoms with van der Waals surface area (Å²) in [6.45, 7) is 6.30. The summed E-state index contributed by atoms with van der Waals surface area (Å²) in [7, 11) is 2.08. The van der Waals surface area contributed by atoms with Gasteiger partial charge >= 0.3 is 0 Å². The van der Waals surface area contributed by atoms with Crippen LogP contribution in [0.15, 0.2) is 35.5 Å². The third-order valence-corrected chi connectivity index (χ3v) is 4.64. The fourth-order valence-electron chi connectivity index (χ4n) is 2.93. The number of benzene rings is 1. The number of fused-ring (bicyclic) bond motifs is 1. The van der Waals surface area contributed by atoms with Crippen molar-refractivity contribution in [2.75, 3.05) is 39.9 Å². The lowest BCUT2D eigenvalue weighted by Crippen LogP contribution is -2.40. The average Bonchev–Trinajstić information content (AvgIpc) is 3.37. The molecule has 0 aliphatic heterocycles. The number of guanidine groups is 1. The Labute approximate surface area is 150 Å². The molecular weight excluding hydrogens is 312 g/mol. The number of ether oxygens (including phenoxy) is 1. The average molecular weight is 342 g/mol. The van der Waals surface area contributed by atoms with Gasteiger partial charge in [-0.3, -0.25) is 4.99 Å². The zero-order chi connectivity index (χ0) is 17.5. The van der Waals surface area contributed by atoms with Crippen LogP contribution < -0.4 is 5.32 Å². The molecule has 0 radical (unpaired) electrons. The summed E-state index contributed by atoms with van der Waals surface area (Å²) in [5, 5.41) is 4.67. The number of aliphatic imine (C=N–C) groups is 1. The molecular formula is C20H30N4O. The monoisotopic (exact) mass is 342 g/mol. The Morgan fingerprint density at radius 2 is 2.20 bits per heavy atom. The number of hydrogen-bond donors (Lipinski definition) is 2. The van der Waals surface area contributed by atoms with E-state index in [1.807, 2.05) is 0 Å². The van der Waals surface area contributed by atoms with E-state index < -0.39 is 0 Å². The Bertz CT molecular complexity index is 690. The summed E-state index contributed by atoms with van der Waals surface area (Å²) < 4.78 is 5.74. The first-order chi connectivity index (χ1) is 12.3. The van der Waals surface area contributed by atoms with Crippen LogP contribution >= 0.6 is 0 Å². The Morgan fingerprint density at radius 1 is 1.36 bits per heavy atom. The molecule has 3 rings (SSSR count). The summed E-state index contributed by atoms with van der Waals surface area (Å²) in [6, 6.07) is 8.42. The van der Waals surface area contributed by atoms with Crippen molar-refractivity contribution in [3.05, 3.63) is 36.0 Å². The van der Waals surface area contributed by atoms with Gasteiger partial charge in [0.1, 0.15) is 0 Å². The van der Waals surface area contributed by atoms with Crippen LogP contribution in [0.2, 0.25) is 0 Å². The van der Waals surface area contributed by atoms with Gasteiger partial charge in [0.25, 0.3) is 0 Å². The zero-order valence-electron chi connectivity index (χ0n) is 15.4. The molecule has 1 saturated carbocycles. The Hall–Kier alpha value is -2.01. The lowest BCUT2D eigenvalue weighted by Gasteiger charge is -2.22. The SMILES string of the molecule is CCNC(=NCCc1c[nH]c2ccccc12)N(C)CCOCC1CC1. The molecule has 1 aliphatic rings. The molecule has 1 heterocycles. The number of aromatic amines is 1. The van der Waals surface area contributed by atoms with Gasteiger partial charge in [0.2, 0.25) is 0 Å². The highest BCUT2D eigenvalue weighted by atomic mass is 16.5. The normalized spacial score (nSPS) is 14.9. The minimum absolute atomic E-state index is 0.764. The highest BCUT2D eigenvalue weighted by molar-refractivity contribution is 5.83. The molecule has 0 spiro atoms. The van der Waals surface area contributed by atoms with E-state index in [1.165, 1.54) is 29.3 Å². The molecule has 1 fully saturated rings. The maximum Gasteiger partial charge on any atom is 0.193 e. The van der Waals surface area contributed by atoms with Gasteiger partial charge in [0, 0.05) is 50.4 Å². The topological polar surface area (TPSA) is 52.7 Å². The van der Waals surface area contributed by atoms with E-state index in [0.717, 1.165) is 51.1 Å². The Morgan fingerprint density at radius 3 is 3.00 bits per heavy atom. The van der Waals surface area contributed by atoms with Gasteiger partial charge in [0.15, 0.2) is 5.96 Å². The number of hydrogen-bond acceptors (Lipinski definition) is 2. The van der Waals surface area contributed by atoms with Crippen molar-refractivity contribution in [1.82, 2.24) is 15.2 Å². The van der Waals surface area contributed by atoms with E-state index in [9.17, 15) is 0 Å². The number of para-hydroxylation sites is 1. The van der Waals surface area contributed by atoms with Crippen LogP contribution in [0, 0.1) is 5.92 Å². The van der Waals surface area contributed by atoms with Gasteiger partial charge in [-0.2, -0.15) is 0 Å². The van der Waals surface area contributed by atoms with Crippen molar-refractivity contribution in [2.24, 2.45) is 10.9 Å². The maximum atomic E-state index is 5.74. The van der Waals surface area contributed by atoms with Crippen molar-refractivity contribution < 1.29 is 4.74 Å². The predicted molar refractivity (Wildman–Crippen MR) is 104 cm³/mol. The van der Waals surface area contributed by atoms with E-state index in [4.69, 9.17) is 9.73 Å². The van der Waals surface area contributed by atoms with Gasteiger partial charge in [-0.05, 0) is 43.7 Å². The lowest BCUT2D eigenvalue weighted by atomic mass is 10.1. The van der Waals surface area contributed by atoms with E-state index >= 15 is 0 Å². The third-order valence-electron chi connectivity index (χ3n) is 4.64. The van der Waals surface area contributed by atoms with Crippen LogP contribution in [0.5, 0.6) is 0 Å². The number of aromatic nitrogens is 1. The molecule has 0 bridgehead atoms. The summed E-state index contributed by atoms with van der Waals surface area (Å²) in [5.41, 5.74) is 2.52. The second-order valence-corrected chi connectivity index (χ2v) is 6.79. The first kappa shape index (κ1) is 17.8. The molecule has 5 nitrogen and oxygen atoms in total.